The minimum atomic E-state index is -0.169. The lowest BCUT2D eigenvalue weighted by atomic mass is 10.0. The van der Waals surface area contributed by atoms with E-state index < -0.39 is 0 Å². The highest BCUT2D eigenvalue weighted by molar-refractivity contribution is 5.89. The maximum atomic E-state index is 13.1. The molecule has 134 valence electrons. The van der Waals surface area contributed by atoms with E-state index in [-0.39, 0.29) is 23.8 Å². The number of ether oxygens (including phenoxy) is 1. The van der Waals surface area contributed by atoms with Crippen molar-refractivity contribution in [3.8, 4) is 5.75 Å². The van der Waals surface area contributed by atoms with Crippen LogP contribution in [-0.2, 0) is 9.59 Å². The summed E-state index contributed by atoms with van der Waals surface area (Å²) in [6.07, 6.45) is 4.83. The van der Waals surface area contributed by atoms with E-state index >= 15 is 0 Å². The van der Waals surface area contributed by atoms with Crippen molar-refractivity contribution in [2.75, 3.05) is 26.7 Å². The largest absolute Gasteiger partial charge is 0.497 e. The first-order valence-electron chi connectivity index (χ1n) is 9.38. The molecular weight excluding hydrogens is 316 g/mol. The van der Waals surface area contributed by atoms with Gasteiger partial charge in [-0.15, -0.1) is 0 Å². The average Bonchev–Trinajstić information content (AvgIpc) is 3.17. The van der Waals surface area contributed by atoms with Gasteiger partial charge in [0.25, 0.3) is 0 Å². The summed E-state index contributed by atoms with van der Waals surface area (Å²) in [6.45, 7) is 2.24. The molecule has 5 nitrogen and oxygen atoms in total. The minimum absolute atomic E-state index is 0.107. The summed E-state index contributed by atoms with van der Waals surface area (Å²) in [4.78, 5) is 29.2. The second kappa shape index (κ2) is 6.70. The normalized spacial score (nSPS) is 26.4. The standard InChI is InChI=1S/C20H26N2O3/c1-25-17-5-2-4-15(10-17)18-6-3-9-22(18)20(24)16-11-19(23)21(13-16)12-14-7-8-14/h2,4-5,10,14,16,18H,3,6-9,11-13H2,1H3/t16-,18-/m1/s1. The van der Waals surface area contributed by atoms with Gasteiger partial charge in [0.05, 0.1) is 19.1 Å². The van der Waals surface area contributed by atoms with Gasteiger partial charge in [0, 0.05) is 26.1 Å². The highest BCUT2D eigenvalue weighted by atomic mass is 16.5. The van der Waals surface area contributed by atoms with E-state index in [0.29, 0.717) is 18.9 Å². The quantitative estimate of drug-likeness (QED) is 0.826. The summed E-state index contributed by atoms with van der Waals surface area (Å²) < 4.78 is 5.33. The molecule has 0 bridgehead atoms. The van der Waals surface area contributed by atoms with E-state index in [0.717, 1.165) is 37.2 Å². The molecule has 0 N–H and O–H groups in total. The van der Waals surface area contributed by atoms with Gasteiger partial charge in [0.2, 0.25) is 11.8 Å². The second-order valence-electron chi connectivity index (χ2n) is 7.61. The number of hydrogen-bond donors (Lipinski definition) is 0. The molecule has 1 aromatic rings. The SMILES string of the molecule is COc1cccc([C@H]2CCCN2C(=O)[C@@H]2CC(=O)N(CC3CC3)C2)c1. The van der Waals surface area contributed by atoms with Crippen molar-refractivity contribution in [2.45, 2.75) is 38.1 Å². The van der Waals surface area contributed by atoms with Crippen LogP contribution in [0.5, 0.6) is 5.75 Å². The van der Waals surface area contributed by atoms with Gasteiger partial charge in [-0.05, 0) is 49.3 Å². The average molecular weight is 342 g/mol. The smallest absolute Gasteiger partial charge is 0.228 e. The number of amides is 2. The molecule has 1 aromatic carbocycles. The molecular formula is C20H26N2O3. The maximum absolute atomic E-state index is 13.1. The van der Waals surface area contributed by atoms with Crippen LogP contribution in [0, 0.1) is 11.8 Å². The second-order valence-corrected chi connectivity index (χ2v) is 7.61. The molecule has 0 unspecified atom stereocenters. The molecule has 0 radical (unpaired) electrons. The first-order valence-corrected chi connectivity index (χ1v) is 9.38. The van der Waals surface area contributed by atoms with Crippen LogP contribution in [0.15, 0.2) is 24.3 Å². The molecule has 5 heteroatoms. The summed E-state index contributed by atoms with van der Waals surface area (Å²) >= 11 is 0. The number of likely N-dealkylation sites (tertiary alicyclic amines) is 2. The van der Waals surface area contributed by atoms with Crippen LogP contribution in [0.3, 0.4) is 0 Å². The topological polar surface area (TPSA) is 49.9 Å². The number of carbonyl (C=O) groups excluding carboxylic acids is 2. The van der Waals surface area contributed by atoms with Crippen molar-refractivity contribution in [2.24, 2.45) is 11.8 Å². The maximum Gasteiger partial charge on any atom is 0.228 e. The van der Waals surface area contributed by atoms with Gasteiger partial charge < -0.3 is 14.5 Å². The Bertz CT molecular complexity index is 671. The predicted octanol–water partition coefficient (Wildman–Crippen LogP) is 2.62. The van der Waals surface area contributed by atoms with E-state index in [1.165, 1.54) is 12.8 Å². The number of carbonyl (C=O) groups is 2. The summed E-state index contributed by atoms with van der Waals surface area (Å²) in [7, 11) is 1.66. The van der Waals surface area contributed by atoms with E-state index in [1.54, 1.807) is 7.11 Å². The number of methoxy groups -OCH3 is 1. The zero-order chi connectivity index (χ0) is 17.4. The van der Waals surface area contributed by atoms with Gasteiger partial charge in [-0.2, -0.15) is 0 Å². The van der Waals surface area contributed by atoms with Crippen LogP contribution >= 0.6 is 0 Å². The molecule has 4 rings (SSSR count). The van der Waals surface area contributed by atoms with Crippen LogP contribution in [0.1, 0.15) is 43.7 Å². The van der Waals surface area contributed by atoms with Gasteiger partial charge in [-0.1, -0.05) is 12.1 Å². The number of rotatable bonds is 5. The number of benzene rings is 1. The van der Waals surface area contributed by atoms with Crippen molar-refractivity contribution in [1.82, 2.24) is 9.80 Å². The van der Waals surface area contributed by atoms with E-state index in [2.05, 4.69) is 6.07 Å². The predicted molar refractivity (Wildman–Crippen MR) is 94.1 cm³/mol. The lowest BCUT2D eigenvalue weighted by molar-refractivity contribution is -0.136. The van der Waals surface area contributed by atoms with Crippen LogP contribution in [0.25, 0.3) is 0 Å². The fourth-order valence-corrected chi connectivity index (χ4v) is 4.19. The summed E-state index contributed by atoms with van der Waals surface area (Å²) in [5.74, 6) is 1.63. The molecule has 25 heavy (non-hydrogen) atoms. The molecule has 0 spiro atoms. The Morgan fingerprint density at radius 2 is 2.12 bits per heavy atom. The molecule has 2 amide bonds. The summed E-state index contributed by atoms with van der Waals surface area (Å²) in [5, 5.41) is 0. The van der Waals surface area contributed by atoms with Gasteiger partial charge in [-0.25, -0.2) is 0 Å². The Kier molecular flexibility index (Phi) is 4.40. The highest BCUT2D eigenvalue weighted by Gasteiger charge is 2.41. The fraction of sp³-hybridized carbons (Fsp3) is 0.600. The Morgan fingerprint density at radius 1 is 1.28 bits per heavy atom. The zero-order valence-electron chi connectivity index (χ0n) is 14.8. The Hall–Kier alpha value is -2.04. The van der Waals surface area contributed by atoms with Crippen LogP contribution in [-0.4, -0.2) is 48.4 Å². The molecule has 2 saturated heterocycles. The van der Waals surface area contributed by atoms with Gasteiger partial charge in [0.1, 0.15) is 5.75 Å². The zero-order valence-corrected chi connectivity index (χ0v) is 14.8. The third-order valence-corrected chi connectivity index (χ3v) is 5.75. The van der Waals surface area contributed by atoms with Crippen molar-refractivity contribution in [1.29, 1.82) is 0 Å². The lowest BCUT2D eigenvalue weighted by Gasteiger charge is -2.28. The molecule has 2 atom stereocenters. The molecule has 2 heterocycles. The molecule has 1 saturated carbocycles. The first-order chi connectivity index (χ1) is 12.2. The van der Waals surface area contributed by atoms with Crippen molar-refractivity contribution >= 4 is 11.8 Å². The monoisotopic (exact) mass is 342 g/mol. The van der Waals surface area contributed by atoms with Crippen molar-refractivity contribution < 1.29 is 14.3 Å². The van der Waals surface area contributed by atoms with Crippen LogP contribution < -0.4 is 4.74 Å². The third kappa shape index (κ3) is 3.37. The van der Waals surface area contributed by atoms with Crippen molar-refractivity contribution in [3.63, 3.8) is 0 Å². The van der Waals surface area contributed by atoms with Gasteiger partial charge >= 0.3 is 0 Å². The fourth-order valence-electron chi connectivity index (χ4n) is 4.19. The number of hydrogen-bond acceptors (Lipinski definition) is 3. The molecule has 2 aliphatic heterocycles. The molecule has 3 fully saturated rings. The lowest BCUT2D eigenvalue weighted by Crippen LogP contribution is -2.37. The molecule has 3 aliphatic rings. The van der Waals surface area contributed by atoms with E-state index in [4.69, 9.17) is 4.74 Å². The Labute approximate surface area is 148 Å². The van der Waals surface area contributed by atoms with Crippen LogP contribution in [0.2, 0.25) is 0 Å². The minimum Gasteiger partial charge on any atom is -0.497 e. The number of nitrogens with zero attached hydrogens (tertiary/aromatic N) is 2. The first kappa shape index (κ1) is 16.4. The Balaban J connectivity index is 1.46. The highest BCUT2D eigenvalue weighted by Crippen LogP contribution is 2.37. The van der Waals surface area contributed by atoms with Crippen LogP contribution in [0.4, 0.5) is 0 Å². The van der Waals surface area contributed by atoms with Gasteiger partial charge in [-0.3, -0.25) is 9.59 Å². The summed E-state index contributed by atoms with van der Waals surface area (Å²) in [6, 6.07) is 8.10. The molecule has 1 aliphatic carbocycles. The molecule has 0 aromatic heterocycles. The van der Waals surface area contributed by atoms with E-state index in [9.17, 15) is 9.59 Å². The van der Waals surface area contributed by atoms with Crippen molar-refractivity contribution in [3.05, 3.63) is 29.8 Å². The van der Waals surface area contributed by atoms with E-state index in [1.807, 2.05) is 28.0 Å². The third-order valence-electron chi connectivity index (χ3n) is 5.75. The Morgan fingerprint density at radius 3 is 2.88 bits per heavy atom. The van der Waals surface area contributed by atoms with Gasteiger partial charge in [0.15, 0.2) is 0 Å². The summed E-state index contributed by atoms with van der Waals surface area (Å²) in [5.41, 5.74) is 1.13.